The van der Waals surface area contributed by atoms with Gasteiger partial charge in [0.1, 0.15) is 5.76 Å². The van der Waals surface area contributed by atoms with Gasteiger partial charge in [-0.2, -0.15) is 0 Å². The highest BCUT2D eigenvalue weighted by atomic mass is 35.5. The van der Waals surface area contributed by atoms with E-state index in [9.17, 15) is 0 Å². The van der Waals surface area contributed by atoms with Crippen molar-refractivity contribution in [1.82, 2.24) is 4.90 Å². The molecule has 2 aromatic rings. The van der Waals surface area contributed by atoms with Crippen LogP contribution in [0.15, 0.2) is 28.9 Å². The molecule has 0 aliphatic carbocycles. The Morgan fingerprint density at radius 2 is 2.18 bits per heavy atom. The lowest BCUT2D eigenvalue weighted by atomic mass is 10.2. The molecular weight excluding hydrogens is 256 g/mol. The van der Waals surface area contributed by atoms with Crippen LogP contribution in [0.2, 0.25) is 4.34 Å². The minimum Gasteiger partial charge on any atom is -0.468 e. The lowest BCUT2D eigenvalue weighted by molar-refractivity contribution is 0.288. The molecule has 0 spiro atoms. The van der Waals surface area contributed by atoms with Gasteiger partial charge in [-0.3, -0.25) is 4.90 Å². The molecule has 5 heteroatoms. The standard InChI is InChI=1S/C12H15ClN2OS/c1-15(7-10-2-3-12(13)17-10)8-11-9(6-14)4-5-16-11/h2-5H,6-8,14H2,1H3. The van der Waals surface area contributed by atoms with E-state index in [1.54, 1.807) is 17.6 Å². The monoisotopic (exact) mass is 270 g/mol. The summed E-state index contributed by atoms with van der Waals surface area (Å²) in [5, 5.41) is 0. The van der Waals surface area contributed by atoms with E-state index in [1.807, 2.05) is 12.1 Å². The first-order valence-corrected chi connectivity index (χ1v) is 6.56. The largest absolute Gasteiger partial charge is 0.468 e. The topological polar surface area (TPSA) is 42.4 Å². The Morgan fingerprint density at radius 1 is 1.35 bits per heavy atom. The predicted molar refractivity (Wildman–Crippen MR) is 71.1 cm³/mol. The van der Waals surface area contributed by atoms with Crippen molar-refractivity contribution in [3.05, 3.63) is 45.0 Å². The molecule has 0 aliphatic rings. The third-order valence-electron chi connectivity index (χ3n) is 2.53. The molecule has 0 saturated carbocycles. The molecule has 0 amide bonds. The van der Waals surface area contributed by atoms with Crippen LogP contribution in [0, 0.1) is 0 Å². The normalized spacial score (nSPS) is 11.3. The smallest absolute Gasteiger partial charge is 0.122 e. The maximum Gasteiger partial charge on any atom is 0.122 e. The molecule has 92 valence electrons. The highest BCUT2D eigenvalue weighted by Crippen LogP contribution is 2.23. The number of thiophene rings is 1. The van der Waals surface area contributed by atoms with Crippen LogP contribution in [0.25, 0.3) is 0 Å². The van der Waals surface area contributed by atoms with Gasteiger partial charge in [-0.15, -0.1) is 11.3 Å². The maximum absolute atomic E-state index is 5.90. The molecule has 3 nitrogen and oxygen atoms in total. The SMILES string of the molecule is CN(Cc1ccc(Cl)s1)Cc1occc1CN. The molecule has 2 rings (SSSR count). The zero-order valence-electron chi connectivity index (χ0n) is 9.65. The molecule has 17 heavy (non-hydrogen) atoms. The van der Waals surface area contributed by atoms with Crippen molar-refractivity contribution in [1.29, 1.82) is 0 Å². The molecule has 0 saturated heterocycles. The first-order valence-electron chi connectivity index (χ1n) is 5.37. The summed E-state index contributed by atoms with van der Waals surface area (Å²) in [4.78, 5) is 3.43. The van der Waals surface area contributed by atoms with Gasteiger partial charge >= 0.3 is 0 Å². The van der Waals surface area contributed by atoms with Crippen molar-refractivity contribution >= 4 is 22.9 Å². The Balaban J connectivity index is 1.95. The number of hydrogen-bond acceptors (Lipinski definition) is 4. The molecule has 0 unspecified atom stereocenters. The van der Waals surface area contributed by atoms with E-state index in [1.165, 1.54) is 4.88 Å². The molecule has 0 aromatic carbocycles. The third kappa shape index (κ3) is 3.33. The summed E-state index contributed by atoms with van der Waals surface area (Å²) >= 11 is 7.51. The Morgan fingerprint density at radius 3 is 2.82 bits per heavy atom. The van der Waals surface area contributed by atoms with Crippen LogP contribution < -0.4 is 5.73 Å². The van der Waals surface area contributed by atoms with Gasteiger partial charge in [-0.25, -0.2) is 0 Å². The fourth-order valence-corrected chi connectivity index (χ4v) is 2.86. The summed E-state index contributed by atoms with van der Waals surface area (Å²) in [5.41, 5.74) is 6.70. The fourth-order valence-electron chi connectivity index (χ4n) is 1.69. The summed E-state index contributed by atoms with van der Waals surface area (Å²) in [6.45, 7) is 2.14. The van der Waals surface area contributed by atoms with E-state index in [4.69, 9.17) is 21.8 Å². The van der Waals surface area contributed by atoms with E-state index >= 15 is 0 Å². The highest BCUT2D eigenvalue weighted by Gasteiger charge is 2.09. The predicted octanol–water partition coefficient (Wildman–Crippen LogP) is 3.09. The maximum atomic E-state index is 5.90. The summed E-state index contributed by atoms with van der Waals surface area (Å²) < 4.78 is 6.25. The average molecular weight is 271 g/mol. The molecule has 0 aliphatic heterocycles. The van der Waals surface area contributed by atoms with E-state index in [2.05, 4.69) is 18.0 Å². The van der Waals surface area contributed by atoms with Gasteiger partial charge < -0.3 is 10.2 Å². The van der Waals surface area contributed by atoms with Crippen molar-refractivity contribution in [2.45, 2.75) is 19.6 Å². The number of hydrogen-bond donors (Lipinski definition) is 1. The molecule has 0 radical (unpaired) electrons. The van der Waals surface area contributed by atoms with Crippen LogP contribution in [0.3, 0.4) is 0 Å². The second-order valence-electron chi connectivity index (χ2n) is 3.95. The summed E-state index contributed by atoms with van der Waals surface area (Å²) in [6, 6.07) is 5.90. The van der Waals surface area contributed by atoms with Crippen molar-refractivity contribution in [3.8, 4) is 0 Å². The summed E-state index contributed by atoms with van der Waals surface area (Å²) in [6.07, 6.45) is 1.69. The minimum atomic E-state index is 0.518. The minimum absolute atomic E-state index is 0.518. The zero-order valence-corrected chi connectivity index (χ0v) is 11.2. The van der Waals surface area contributed by atoms with Crippen LogP contribution in [0.1, 0.15) is 16.2 Å². The van der Waals surface area contributed by atoms with Crippen LogP contribution in [0.5, 0.6) is 0 Å². The molecular formula is C12H15ClN2OS. The summed E-state index contributed by atoms with van der Waals surface area (Å²) in [5.74, 6) is 0.942. The molecule has 0 bridgehead atoms. The fraction of sp³-hybridized carbons (Fsp3) is 0.333. The lowest BCUT2D eigenvalue weighted by Gasteiger charge is -2.14. The Kier molecular flexibility index (Phi) is 4.23. The average Bonchev–Trinajstić information content (AvgIpc) is 2.87. The summed E-state index contributed by atoms with van der Waals surface area (Å²) in [7, 11) is 2.05. The van der Waals surface area contributed by atoms with Crippen molar-refractivity contribution in [3.63, 3.8) is 0 Å². The van der Waals surface area contributed by atoms with Gasteiger partial charge in [0.2, 0.25) is 0 Å². The van der Waals surface area contributed by atoms with Crippen LogP contribution in [-0.2, 0) is 19.6 Å². The Hall–Kier alpha value is -0.810. The van der Waals surface area contributed by atoms with Gasteiger partial charge in [0.05, 0.1) is 17.1 Å². The van der Waals surface area contributed by atoms with E-state index in [0.717, 1.165) is 28.7 Å². The second-order valence-corrected chi connectivity index (χ2v) is 5.75. The number of nitrogens with zero attached hydrogens (tertiary/aromatic N) is 1. The first-order chi connectivity index (χ1) is 8.19. The molecule has 2 N–H and O–H groups in total. The van der Waals surface area contributed by atoms with Crippen molar-refractivity contribution in [2.75, 3.05) is 7.05 Å². The van der Waals surface area contributed by atoms with E-state index in [-0.39, 0.29) is 0 Å². The number of halogens is 1. The lowest BCUT2D eigenvalue weighted by Crippen LogP contribution is -2.17. The van der Waals surface area contributed by atoms with Gasteiger partial charge in [-0.1, -0.05) is 11.6 Å². The molecule has 0 fully saturated rings. The second kappa shape index (κ2) is 5.69. The third-order valence-corrected chi connectivity index (χ3v) is 3.74. The van der Waals surface area contributed by atoms with Crippen LogP contribution >= 0.6 is 22.9 Å². The van der Waals surface area contributed by atoms with Gasteiger partial charge in [-0.05, 0) is 25.2 Å². The zero-order chi connectivity index (χ0) is 12.3. The van der Waals surface area contributed by atoms with Crippen molar-refractivity contribution < 1.29 is 4.42 Å². The van der Waals surface area contributed by atoms with Crippen LogP contribution in [0.4, 0.5) is 0 Å². The van der Waals surface area contributed by atoms with Gasteiger partial charge in [0.15, 0.2) is 0 Å². The van der Waals surface area contributed by atoms with Gasteiger partial charge in [0.25, 0.3) is 0 Å². The first kappa shape index (κ1) is 12.6. The van der Waals surface area contributed by atoms with Crippen LogP contribution in [-0.4, -0.2) is 11.9 Å². The number of nitrogens with two attached hydrogens (primary N) is 1. The van der Waals surface area contributed by atoms with E-state index in [0.29, 0.717) is 6.54 Å². The molecule has 0 atom stereocenters. The molecule has 2 aromatic heterocycles. The highest BCUT2D eigenvalue weighted by molar-refractivity contribution is 7.16. The molecule has 2 heterocycles. The number of rotatable bonds is 5. The Labute approximate surface area is 110 Å². The van der Waals surface area contributed by atoms with Gasteiger partial charge in [0, 0.05) is 23.5 Å². The Bertz CT molecular complexity index is 480. The van der Waals surface area contributed by atoms with E-state index < -0.39 is 0 Å². The quantitative estimate of drug-likeness (QED) is 0.908. The number of furan rings is 1. The van der Waals surface area contributed by atoms with Crippen molar-refractivity contribution in [2.24, 2.45) is 5.73 Å².